The van der Waals surface area contributed by atoms with E-state index in [9.17, 15) is 14.4 Å². The van der Waals surface area contributed by atoms with Gasteiger partial charge in [-0.15, -0.1) is 0 Å². The lowest BCUT2D eigenvalue weighted by atomic mass is 10.1. The molecule has 7 heteroatoms. The number of rotatable bonds is 3. The normalized spacial score (nSPS) is 13.0. The zero-order valence-corrected chi connectivity index (χ0v) is 13.8. The van der Waals surface area contributed by atoms with Gasteiger partial charge < -0.3 is 0 Å². The predicted octanol–water partition coefficient (Wildman–Crippen LogP) is 2.12. The smallest absolute Gasteiger partial charge is 0.267 e. The van der Waals surface area contributed by atoms with Crippen molar-refractivity contribution in [3.63, 3.8) is 0 Å². The van der Waals surface area contributed by atoms with Gasteiger partial charge in [0.15, 0.2) is 0 Å². The molecule has 1 aliphatic heterocycles. The molecule has 0 aliphatic carbocycles. The summed E-state index contributed by atoms with van der Waals surface area (Å²) in [6.45, 7) is 1.94. The van der Waals surface area contributed by atoms with Gasteiger partial charge in [0.05, 0.1) is 28.6 Å². The zero-order chi connectivity index (χ0) is 18.3. The van der Waals surface area contributed by atoms with E-state index in [1.165, 1.54) is 6.20 Å². The Balaban J connectivity index is 1.56. The molecule has 0 atom stereocenters. The Labute approximate surface area is 148 Å². The van der Waals surface area contributed by atoms with Crippen molar-refractivity contribution in [3.05, 3.63) is 83.2 Å². The van der Waals surface area contributed by atoms with Crippen LogP contribution in [0.5, 0.6) is 0 Å². The molecule has 26 heavy (non-hydrogen) atoms. The summed E-state index contributed by atoms with van der Waals surface area (Å²) in [6.07, 6.45) is 2.94. The summed E-state index contributed by atoms with van der Waals surface area (Å²) in [5.74, 6) is -1.69. The Kier molecular flexibility index (Phi) is 3.62. The van der Waals surface area contributed by atoms with Crippen LogP contribution in [-0.4, -0.2) is 32.5 Å². The van der Waals surface area contributed by atoms with E-state index in [1.54, 1.807) is 35.1 Å². The van der Waals surface area contributed by atoms with Crippen molar-refractivity contribution in [3.8, 4) is 5.69 Å². The van der Waals surface area contributed by atoms with E-state index in [0.717, 1.165) is 16.3 Å². The van der Waals surface area contributed by atoms with Gasteiger partial charge in [0.1, 0.15) is 0 Å². The second kappa shape index (κ2) is 5.96. The Morgan fingerprint density at radius 1 is 0.962 bits per heavy atom. The standard InChI is InChI=1S/C19H14N4O3/c1-12-6-2-5-9-16(12)22-11-13(10-20-22)17(24)21-23-18(25)14-7-3-4-8-15(14)19(23)26/h2-11H,1H3,(H,21,24). The molecular formula is C19H14N4O3. The van der Waals surface area contributed by atoms with Crippen LogP contribution in [0.1, 0.15) is 36.6 Å². The van der Waals surface area contributed by atoms with E-state index in [0.29, 0.717) is 0 Å². The number of carbonyl (C=O) groups is 3. The first-order valence-electron chi connectivity index (χ1n) is 7.96. The van der Waals surface area contributed by atoms with E-state index in [-0.39, 0.29) is 16.7 Å². The number of hydrogen-bond donors (Lipinski definition) is 1. The maximum atomic E-state index is 12.5. The number of nitrogens with one attached hydrogen (secondary N) is 1. The number of aromatic nitrogens is 2. The molecular weight excluding hydrogens is 332 g/mol. The van der Waals surface area contributed by atoms with Crippen LogP contribution in [0.3, 0.4) is 0 Å². The number of hydrogen-bond acceptors (Lipinski definition) is 4. The van der Waals surface area contributed by atoms with Crippen LogP contribution in [-0.2, 0) is 0 Å². The lowest BCUT2D eigenvalue weighted by Crippen LogP contribution is -2.45. The van der Waals surface area contributed by atoms with Crippen molar-refractivity contribution in [2.24, 2.45) is 0 Å². The maximum absolute atomic E-state index is 12.5. The Hall–Kier alpha value is -3.74. The van der Waals surface area contributed by atoms with Crippen LogP contribution in [0.25, 0.3) is 5.69 Å². The number of imide groups is 1. The molecule has 0 bridgehead atoms. The van der Waals surface area contributed by atoms with Crippen LogP contribution in [0, 0.1) is 6.92 Å². The zero-order valence-electron chi connectivity index (χ0n) is 13.8. The van der Waals surface area contributed by atoms with Gasteiger partial charge in [0.25, 0.3) is 17.7 Å². The number of benzene rings is 2. The second-order valence-corrected chi connectivity index (χ2v) is 5.89. The van der Waals surface area contributed by atoms with Gasteiger partial charge in [-0.25, -0.2) is 4.68 Å². The van der Waals surface area contributed by atoms with Gasteiger partial charge in [0.2, 0.25) is 0 Å². The van der Waals surface area contributed by atoms with E-state index in [1.807, 2.05) is 31.2 Å². The number of fused-ring (bicyclic) bond motifs is 1. The van der Waals surface area contributed by atoms with E-state index in [2.05, 4.69) is 10.5 Å². The molecule has 7 nitrogen and oxygen atoms in total. The molecule has 2 aromatic carbocycles. The van der Waals surface area contributed by atoms with Crippen molar-refractivity contribution < 1.29 is 14.4 Å². The van der Waals surface area contributed by atoms with E-state index >= 15 is 0 Å². The number of nitrogens with zero attached hydrogens (tertiary/aromatic N) is 3. The highest BCUT2D eigenvalue weighted by Gasteiger charge is 2.36. The van der Waals surface area contributed by atoms with E-state index in [4.69, 9.17) is 0 Å². The Morgan fingerprint density at radius 2 is 1.58 bits per heavy atom. The topological polar surface area (TPSA) is 84.3 Å². The minimum atomic E-state index is -0.584. The van der Waals surface area contributed by atoms with Crippen molar-refractivity contribution in [1.29, 1.82) is 0 Å². The summed E-state index contributed by atoms with van der Waals surface area (Å²) >= 11 is 0. The SMILES string of the molecule is Cc1ccccc1-n1cc(C(=O)NN2C(=O)c3ccccc3C2=O)cn1. The number of hydrazine groups is 1. The molecule has 128 valence electrons. The summed E-state index contributed by atoms with van der Waals surface area (Å²) in [6, 6.07) is 14.1. The third-order valence-electron chi connectivity index (χ3n) is 4.21. The van der Waals surface area contributed by atoms with Gasteiger partial charge in [0, 0.05) is 6.20 Å². The summed E-state index contributed by atoms with van der Waals surface area (Å²) in [4.78, 5) is 37.1. The average Bonchev–Trinajstić information content (AvgIpc) is 3.23. The first kappa shape index (κ1) is 15.8. The number of amides is 3. The molecule has 3 aromatic rings. The number of carbonyl (C=O) groups excluding carboxylic acids is 3. The summed E-state index contributed by atoms with van der Waals surface area (Å²) in [7, 11) is 0. The molecule has 1 aromatic heterocycles. The fourth-order valence-corrected chi connectivity index (χ4v) is 2.85. The molecule has 0 fully saturated rings. The molecule has 1 N–H and O–H groups in total. The fourth-order valence-electron chi connectivity index (χ4n) is 2.85. The molecule has 0 unspecified atom stereocenters. The van der Waals surface area contributed by atoms with Gasteiger partial charge in [-0.3, -0.25) is 19.8 Å². The fraction of sp³-hybridized carbons (Fsp3) is 0.0526. The van der Waals surface area contributed by atoms with Crippen LogP contribution >= 0.6 is 0 Å². The molecule has 0 radical (unpaired) electrons. The Bertz CT molecular complexity index is 1020. The van der Waals surface area contributed by atoms with Crippen LogP contribution in [0.2, 0.25) is 0 Å². The van der Waals surface area contributed by atoms with Gasteiger partial charge in [-0.1, -0.05) is 30.3 Å². The third kappa shape index (κ3) is 2.46. The van der Waals surface area contributed by atoms with Crippen LogP contribution in [0.15, 0.2) is 60.9 Å². The maximum Gasteiger partial charge on any atom is 0.280 e. The van der Waals surface area contributed by atoms with Gasteiger partial charge in [-0.2, -0.15) is 10.1 Å². The molecule has 0 saturated heterocycles. The highest BCUT2D eigenvalue weighted by Crippen LogP contribution is 2.21. The number of aryl methyl sites for hydroxylation is 1. The lowest BCUT2D eigenvalue weighted by Gasteiger charge is -2.14. The summed E-state index contributed by atoms with van der Waals surface area (Å²) in [5, 5.41) is 4.92. The third-order valence-corrected chi connectivity index (χ3v) is 4.21. The van der Waals surface area contributed by atoms with Gasteiger partial charge in [-0.05, 0) is 30.7 Å². The molecule has 4 rings (SSSR count). The lowest BCUT2D eigenvalue weighted by molar-refractivity contribution is 0.0518. The predicted molar refractivity (Wildman–Crippen MR) is 92.7 cm³/mol. The quantitative estimate of drug-likeness (QED) is 0.736. The van der Waals surface area contributed by atoms with Crippen LogP contribution < -0.4 is 5.43 Å². The minimum Gasteiger partial charge on any atom is -0.267 e. The van der Waals surface area contributed by atoms with E-state index < -0.39 is 17.7 Å². The molecule has 2 heterocycles. The largest absolute Gasteiger partial charge is 0.280 e. The molecule has 1 aliphatic rings. The monoisotopic (exact) mass is 346 g/mol. The van der Waals surface area contributed by atoms with Crippen molar-refractivity contribution in [1.82, 2.24) is 20.2 Å². The molecule has 3 amide bonds. The van der Waals surface area contributed by atoms with Crippen molar-refractivity contribution in [2.75, 3.05) is 0 Å². The second-order valence-electron chi connectivity index (χ2n) is 5.89. The molecule has 0 spiro atoms. The van der Waals surface area contributed by atoms with Crippen LogP contribution in [0.4, 0.5) is 0 Å². The van der Waals surface area contributed by atoms with Crippen molar-refractivity contribution >= 4 is 17.7 Å². The first-order valence-corrected chi connectivity index (χ1v) is 7.96. The summed E-state index contributed by atoms with van der Waals surface area (Å²) in [5.41, 5.74) is 4.99. The number of para-hydroxylation sites is 1. The molecule has 0 saturated carbocycles. The Morgan fingerprint density at radius 3 is 2.23 bits per heavy atom. The highest BCUT2D eigenvalue weighted by molar-refractivity contribution is 6.22. The average molecular weight is 346 g/mol. The summed E-state index contributed by atoms with van der Waals surface area (Å²) < 4.78 is 1.58. The first-order chi connectivity index (χ1) is 12.6. The highest BCUT2D eigenvalue weighted by atomic mass is 16.2. The van der Waals surface area contributed by atoms with Crippen molar-refractivity contribution in [2.45, 2.75) is 6.92 Å². The van der Waals surface area contributed by atoms with Gasteiger partial charge >= 0.3 is 0 Å². The minimum absolute atomic E-state index is 0.241.